The second kappa shape index (κ2) is 10.9. The average Bonchev–Trinajstić information content (AvgIpc) is 2.77. The Hall–Kier alpha value is -2.53. The molecule has 1 saturated carbocycles. The molecule has 0 heterocycles. The van der Waals surface area contributed by atoms with Crippen LogP contribution in [-0.4, -0.2) is 26.2 Å². The fourth-order valence-electron chi connectivity index (χ4n) is 4.66. The zero-order chi connectivity index (χ0) is 23.1. The summed E-state index contributed by atoms with van der Waals surface area (Å²) >= 11 is 0. The van der Waals surface area contributed by atoms with Crippen LogP contribution in [0, 0.1) is 11.3 Å². The Morgan fingerprint density at radius 2 is 1.81 bits per heavy atom. The number of nitrogens with one attached hydrogen (secondary N) is 1. The first-order chi connectivity index (χ1) is 15.3. The maximum Gasteiger partial charge on any atom is 0.228 e. The molecule has 0 spiro atoms. The molecule has 0 aliphatic heterocycles. The first kappa shape index (κ1) is 24.1. The molecule has 0 aromatic heterocycles. The van der Waals surface area contributed by atoms with Crippen molar-refractivity contribution in [3.8, 4) is 11.5 Å². The van der Waals surface area contributed by atoms with E-state index in [9.17, 15) is 4.79 Å². The topological polar surface area (TPSA) is 73.6 Å². The number of methoxy groups -OCH3 is 1. The highest BCUT2D eigenvalue weighted by Gasteiger charge is 2.30. The van der Waals surface area contributed by atoms with Gasteiger partial charge in [-0.3, -0.25) is 4.79 Å². The highest BCUT2D eigenvalue weighted by Crippen LogP contribution is 2.43. The Labute approximate surface area is 192 Å². The lowest BCUT2D eigenvalue weighted by molar-refractivity contribution is -0.115. The van der Waals surface area contributed by atoms with E-state index in [2.05, 4.69) is 38.2 Å². The first-order valence-corrected chi connectivity index (χ1v) is 11.7. The van der Waals surface area contributed by atoms with Gasteiger partial charge >= 0.3 is 0 Å². The van der Waals surface area contributed by atoms with Crippen molar-refractivity contribution in [2.75, 3.05) is 25.6 Å². The third-order valence-corrected chi connectivity index (χ3v) is 6.56. The minimum atomic E-state index is -0.0451. The monoisotopic (exact) mass is 438 g/mol. The smallest absolute Gasteiger partial charge is 0.228 e. The maximum absolute atomic E-state index is 12.7. The predicted molar refractivity (Wildman–Crippen MR) is 130 cm³/mol. The Bertz CT molecular complexity index is 896. The third kappa shape index (κ3) is 6.49. The second-order valence-electron chi connectivity index (χ2n) is 9.89. The van der Waals surface area contributed by atoms with Crippen LogP contribution < -0.4 is 20.5 Å². The fourth-order valence-corrected chi connectivity index (χ4v) is 4.66. The maximum atomic E-state index is 12.7. The zero-order valence-electron chi connectivity index (χ0n) is 19.9. The Morgan fingerprint density at radius 1 is 1.06 bits per heavy atom. The van der Waals surface area contributed by atoms with E-state index >= 15 is 0 Å². The van der Waals surface area contributed by atoms with Gasteiger partial charge in [0.1, 0.15) is 6.61 Å². The van der Waals surface area contributed by atoms with Crippen molar-refractivity contribution in [3.05, 3.63) is 53.6 Å². The minimum absolute atomic E-state index is 0.0451. The molecule has 0 atom stereocenters. The predicted octanol–water partition coefficient (Wildman–Crippen LogP) is 5.53. The van der Waals surface area contributed by atoms with Crippen molar-refractivity contribution in [1.29, 1.82) is 0 Å². The second-order valence-corrected chi connectivity index (χ2v) is 9.89. The van der Waals surface area contributed by atoms with E-state index in [0.29, 0.717) is 36.0 Å². The molecule has 1 aliphatic rings. The van der Waals surface area contributed by atoms with Crippen LogP contribution in [0.25, 0.3) is 0 Å². The van der Waals surface area contributed by atoms with E-state index in [4.69, 9.17) is 15.2 Å². The van der Waals surface area contributed by atoms with Crippen molar-refractivity contribution in [2.45, 2.75) is 58.8 Å². The molecule has 2 aromatic rings. The van der Waals surface area contributed by atoms with Crippen molar-refractivity contribution >= 4 is 11.6 Å². The molecule has 32 heavy (non-hydrogen) atoms. The molecule has 0 radical (unpaired) electrons. The SMILES string of the molecule is COc1cc(CC(=O)Nc2cccc(C3CCC(C(C)(C)C)CC3)c2)ccc1OCCN. The molecule has 1 amide bonds. The summed E-state index contributed by atoms with van der Waals surface area (Å²) in [6.07, 6.45) is 5.26. The molecule has 5 heteroatoms. The molecule has 5 nitrogen and oxygen atoms in total. The molecule has 174 valence electrons. The Balaban J connectivity index is 1.59. The molecule has 3 rings (SSSR count). The number of hydrogen-bond donors (Lipinski definition) is 2. The van der Waals surface area contributed by atoms with Gasteiger partial charge in [-0.05, 0) is 78.3 Å². The number of carbonyl (C=O) groups excluding carboxylic acids is 1. The summed E-state index contributed by atoms with van der Waals surface area (Å²) in [5, 5.41) is 3.06. The number of benzene rings is 2. The summed E-state index contributed by atoms with van der Waals surface area (Å²) in [5.74, 6) is 2.57. The molecule has 2 aromatic carbocycles. The highest BCUT2D eigenvalue weighted by atomic mass is 16.5. The van der Waals surface area contributed by atoms with Gasteiger partial charge in [0.2, 0.25) is 5.91 Å². The summed E-state index contributed by atoms with van der Waals surface area (Å²) < 4.78 is 11.0. The summed E-state index contributed by atoms with van der Waals surface area (Å²) in [7, 11) is 1.59. The van der Waals surface area contributed by atoms with E-state index in [-0.39, 0.29) is 12.3 Å². The van der Waals surface area contributed by atoms with Crippen LogP contribution in [0.4, 0.5) is 5.69 Å². The lowest BCUT2D eigenvalue weighted by Crippen LogP contribution is -2.25. The number of hydrogen-bond acceptors (Lipinski definition) is 4. The number of nitrogens with two attached hydrogens (primary N) is 1. The molecular formula is C27H38N2O3. The summed E-state index contributed by atoms with van der Waals surface area (Å²) in [4.78, 5) is 12.7. The Kier molecular flexibility index (Phi) is 8.19. The van der Waals surface area contributed by atoms with Crippen LogP contribution in [0.5, 0.6) is 11.5 Å². The normalized spacial score (nSPS) is 18.8. The quantitative estimate of drug-likeness (QED) is 0.568. The molecular weight excluding hydrogens is 400 g/mol. The van der Waals surface area contributed by atoms with Crippen LogP contribution in [0.3, 0.4) is 0 Å². The molecule has 0 bridgehead atoms. The summed E-state index contributed by atoms with van der Waals surface area (Å²) in [6.45, 7) is 7.91. The average molecular weight is 439 g/mol. The molecule has 0 saturated heterocycles. The Morgan fingerprint density at radius 3 is 2.47 bits per heavy atom. The lowest BCUT2D eigenvalue weighted by atomic mass is 9.68. The van der Waals surface area contributed by atoms with E-state index in [0.717, 1.165) is 17.2 Å². The fraction of sp³-hybridized carbons (Fsp3) is 0.519. The van der Waals surface area contributed by atoms with Crippen LogP contribution in [-0.2, 0) is 11.2 Å². The van der Waals surface area contributed by atoms with Crippen molar-refractivity contribution in [3.63, 3.8) is 0 Å². The third-order valence-electron chi connectivity index (χ3n) is 6.56. The van der Waals surface area contributed by atoms with Crippen molar-refractivity contribution < 1.29 is 14.3 Å². The number of rotatable bonds is 8. The summed E-state index contributed by atoms with van der Waals surface area (Å²) in [6, 6.07) is 13.9. The van der Waals surface area contributed by atoms with E-state index in [1.165, 1.54) is 31.2 Å². The molecule has 0 unspecified atom stereocenters. The number of amides is 1. The largest absolute Gasteiger partial charge is 0.493 e. The van der Waals surface area contributed by atoms with Gasteiger partial charge in [-0.25, -0.2) is 0 Å². The number of carbonyl (C=O) groups is 1. The van der Waals surface area contributed by atoms with Crippen LogP contribution in [0.15, 0.2) is 42.5 Å². The highest BCUT2D eigenvalue weighted by molar-refractivity contribution is 5.92. The van der Waals surface area contributed by atoms with E-state index in [1.807, 2.05) is 30.3 Å². The van der Waals surface area contributed by atoms with Gasteiger partial charge in [0.15, 0.2) is 11.5 Å². The van der Waals surface area contributed by atoms with E-state index < -0.39 is 0 Å². The first-order valence-electron chi connectivity index (χ1n) is 11.7. The lowest BCUT2D eigenvalue weighted by Gasteiger charge is -2.37. The van der Waals surface area contributed by atoms with Gasteiger partial charge in [-0.15, -0.1) is 0 Å². The zero-order valence-corrected chi connectivity index (χ0v) is 19.9. The number of anilines is 1. The van der Waals surface area contributed by atoms with E-state index in [1.54, 1.807) is 7.11 Å². The van der Waals surface area contributed by atoms with Gasteiger partial charge in [0, 0.05) is 12.2 Å². The number of ether oxygens (including phenoxy) is 2. The standard InChI is InChI=1S/C27H38N2O3/c1-27(2,3)22-11-9-20(10-12-22)21-6-5-7-23(18-21)29-26(30)17-19-8-13-24(32-15-14-28)25(16-19)31-4/h5-8,13,16,18,20,22H,9-12,14-15,17,28H2,1-4H3,(H,29,30). The van der Waals surface area contributed by atoms with Crippen LogP contribution in [0.2, 0.25) is 0 Å². The van der Waals surface area contributed by atoms with Crippen LogP contribution >= 0.6 is 0 Å². The van der Waals surface area contributed by atoms with Crippen LogP contribution in [0.1, 0.15) is 63.5 Å². The van der Waals surface area contributed by atoms with Gasteiger partial charge in [-0.2, -0.15) is 0 Å². The van der Waals surface area contributed by atoms with Crippen molar-refractivity contribution in [2.24, 2.45) is 17.1 Å². The van der Waals surface area contributed by atoms with Gasteiger partial charge in [0.25, 0.3) is 0 Å². The van der Waals surface area contributed by atoms with Gasteiger partial charge in [0.05, 0.1) is 13.5 Å². The van der Waals surface area contributed by atoms with Crippen molar-refractivity contribution in [1.82, 2.24) is 0 Å². The molecule has 3 N–H and O–H groups in total. The summed E-state index contributed by atoms with van der Waals surface area (Å²) in [5.41, 5.74) is 8.95. The van der Waals surface area contributed by atoms with Gasteiger partial charge < -0.3 is 20.5 Å². The minimum Gasteiger partial charge on any atom is -0.493 e. The molecule has 1 fully saturated rings. The van der Waals surface area contributed by atoms with Gasteiger partial charge in [-0.1, -0.05) is 39.0 Å². The molecule has 1 aliphatic carbocycles.